The molecule has 30 heavy (non-hydrogen) atoms. The van der Waals surface area contributed by atoms with Crippen molar-refractivity contribution in [2.24, 2.45) is 45.7 Å². The number of carbonyl (C=O) groups is 2. The fraction of sp³-hybridized carbons (Fsp3) is 0.833. The van der Waals surface area contributed by atoms with E-state index in [1.165, 1.54) is 19.3 Å². The summed E-state index contributed by atoms with van der Waals surface area (Å²) in [5.41, 5.74) is 5.62. The number of amides is 1. The minimum absolute atomic E-state index is 0.0893. The average molecular weight is 417 g/mol. The van der Waals surface area contributed by atoms with E-state index in [1.54, 1.807) is 0 Å². The van der Waals surface area contributed by atoms with Gasteiger partial charge in [-0.05, 0) is 67.6 Å². The largest absolute Gasteiger partial charge is 0.369 e. The Hall–Kier alpha value is -1.72. The van der Waals surface area contributed by atoms with Crippen LogP contribution in [0.25, 0.3) is 0 Å². The fourth-order valence-electron chi connectivity index (χ4n) is 7.97. The zero-order chi connectivity index (χ0) is 22.1. The molecule has 4 aliphatic carbocycles. The normalized spacial score (nSPS) is 43.3. The van der Waals surface area contributed by atoms with Crippen LogP contribution in [0, 0.1) is 50.0 Å². The molecular weight excluding hydrogens is 380 g/mol. The number of carbonyl (C=O) groups excluding carboxylic acids is 2. The Morgan fingerprint density at radius 2 is 1.97 bits per heavy atom. The fourth-order valence-corrected chi connectivity index (χ4v) is 7.97. The first-order chi connectivity index (χ1) is 13.9. The molecular formula is C24H36N2O4. The molecule has 0 spiro atoms. The molecule has 0 heterocycles. The van der Waals surface area contributed by atoms with Crippen molar-refractivity contribution >= 4 is 11.7 Å². The molecule has 0 aliphatic heterocycles. The third kappa shape index (κ3) is 2.96. The molecule has 3 saturated carbocycles. The second kappa shape index (κ2) is 6.89. The zero-order valence-electron chi connectivity index (χ0n) is 18.8. The van der Waals surface area contributed by atoms with E-state index < -0.39 is 16.9 Å². The Labute approximate surface area is 179 Å². The Bertz CT molecular complexity index is 818. The molecule has 4 aliphatic rings. The van der Waals surface area contributed by atoms with Gasteiger partial charge in [0.2, 0.25) is 11.7 Å². The maximum absolute atomic E-state index is 12.9. The molecule has 3 fully saturated rings. The summed E-state index contributed by atoms with van der Waals surface area (Å²) in [7, 11) is 0. The SMILES string of the molecule is CC(C)(CC1CC(=O)C([N+](=O)[O-])C2=CC[C@@H]3[C@@H](CC[C@]4(C)CCC[C@@H]34)[C@]21C)C(N)=O. The Morgan fingerprint density at radius 1 is 1.27 bits per heavy atom. The quantitative estimate of drug-likeness (QED) is 0.419. The molecule has 7 atom stereocenters. The maximum atomic E-state index is 12.9. The van der Waals surface area contributed by atoms with Crippen LogP contribution in [0.2, 0.25) is 0 Å². The van der Waals surface area contributed by atoms with E-state index in [0.717, 1.165) is 24.8 Å². The van der Waals surface area contributed by atoms with Gasteiger partial charge in [0.15, 0.2) is 0 Å². The lowest BCUT2D eigenvalue weighted by atomic mass is 9.44. The topological polar surface area (TPSA) is 103 Å². The Morgan fingerprint density at radius 3 is 2.60 bits per heavy atom. The van der Waals surface area contributed by atoms with E-state index in [9.17, 15) is 19.7 Å². The summed E-state index contributed by atoms with van der Waals surface area (Å²) in [6, 6.07) is -1.22. The van der Waals surface area contributed by atoms with E-state index in [-0.39, 0.29) is 29.0 Å². The lowest BCUT2D eigenvalue weighted by Crippen LogP contribution is -2.58. The van der Waals surface area contributed by atoms with Gasteiger partial charge in [-0.15, -0.1) is 0 Å². The lowest BCUT2D eigenvalue weighted by molar-refractivity contribution is -0.502. The van der Waals surface area contributed by atoms with Crippen molar-refractivity contribution in [2.45, 2.75) is 85.1 Å². The number of Topliss-reactive ketones (excluding diaryl/α,β-unsaturated/α-hetero) is 1. The molecule has 0 aromatic carbocycles. The summed E-state index contributed by atoms with van der Waals surface area (Å²) >= 11 is 0. The van der Waals surface area contributed by atoms with Crippen LogP contribution >= 0.6 is 0 Å². The number of rotatable bonds is 4. The third-order valence-electron chi connectivity index (χ3n) is 9.75. The van der Waals surface area contributed by atoms with Crippen molar-refractivity contribution in [3.05, 3.63) is 21.8 Å². The van der Waals surface area contributed by atoms with Crippen LogP contribution in [-0.2, 0) is 9.59 Å². The number of hydrogen-bond acceptors (Lipinski definition) is 4. The standard InChI is InChI=1S/C24H36N2O4/c1-22(2,21(25)28)13-14-12-19(27)20(26(29)30)18-8-7-15-16-6-5-10-23(16,3)11-9-17(15)24(14,18)4/h8,14-17,20H,5-7,9-13H2,1-4H3,(H2,25,28)/t14?,15-,16-,17+,20?,23-,24+/m0/s1. The number of fused-ring (bicyclic) bond motifs is 5. The van der Waals surface area contributed by atoms with Gasteiger partial charge in [-0.25, -0.2) is 0 Å². The molecule has 166 valence electrons. The summed E-state index contributed by atoms with van der Waals surface area (Å²) in [6.07, 6.45) is 9.57. The number of nitrogens with zero attached hydrogens (tertiary/aromatic N) is 1. The van der Waals surface area contributed by atoms with E-state index >= 15 is 0 Å². The van der Waals surface area contributed by atoms with Crippen LogP contribution in [0.15, 0.2) is 11.6 Å². The predicted molar refractivity (Wildman–Crippen MR) is 114 cm³/mol. The highest BCUT2D eigenvalue weighted by atomic mass is 16.6. The average Bonchev–Trinajstić information content (AvgIpc) is 3.04. The molecule has 1 amide bonds. The Balaban J connectivity index is 1.79. The number of ketones is 1. The van der Waals surface area contributed by atoms with Crippen molar-refractivity contribution in [1.29, 1.82) is 0 Å². The molecule has 0 aromatic heterocycles. The second-order valence-corrected chi connectivity index (χ2v) is 11.6. The van der Waals surface area contributed by atoms with Gasteiger partial charge < -0.3 is 5.73 Å². The summed E-state index contributed by atoms with van der Waals surface area (Å²) < 4.78 is 0. The first-order valence-electron chi connectivity index (χ1n) is 11.6. The highest BCUT2D eigenvalue weighted by Crippen LogP contribution is 2.66. The van der Waals surface area contributed by atoms with E-state index in [4.69, 9.17) is 5.73 Å². The number of primary amides is 1. The molecule has 2 N–H and O–H groups in total. The van der Waals surface area contributed by atoms with Crippen LogP contribution in [0.3, 0.4) is 0 Å². The Kier molecular flexibility index (Phi) is 4.94. The van der Waals surface area contributed by atoms with Gasteiger partial charge in [-0.3, -0.25) is 19.7 Å². The van der Waals surface area contributed by atoms with E-state index in [1.807, 2.05) is 13.8 Å². The monoisotopic (exact) mass is 416 g/mol. The summed E-state index contributed by atoms with van der Waals surface area (Å²) in [6.45, 7) is 8.26. The van der Waals surface area contributed by atoms with Gasteiger partial charge >= 0.3 is 0 Å². The molecule has 6 heteroatoms. The number of allylic oxidation sites excluding steroid dienone is 1. The zero-order valence-corrected chi connectivity index (χ0v) is 18.8. The summed E-state index contributed by atoms with van der Waals surface area (Å²) in [4.78, 5) is 36.5. The van der Waals surface area contributed by atoms with Crippen molar-refractivity contribution in [3.8, 4) is 0 Å². The maximum Gasteiger partial charge on any atom is 0.291 e. The van der Waals surface area contributed by atoms with Gasteiger partial charge in [0.1, 0.15) is 0 Å². The molecule has 4 rings (SSSR count). The molecule has 6 nitrogen and oxygen atoms in total. The number of nitrogens with two attached hydrogens (primary N) is 1. The molecule has 0 saturated heterocycles. The van der Waals surface area contributed by atoms with Crippen LogP contribution in [-0.4, -0.2) is 22.7 Å². The van der Waals surface area contributed by atoms with Crippen LogP contribution in [0.4, 0.5) is 0 Å². The van der Waals surface area contributed by atoms with Gasteiger partial charge in [0.25, 0.3) is 6.04 Å². The third-order valence-corrected chi connectivity index (χ3v) is 9.75. The first kappa shape index (κ1) is 21.5. The van der Waals surface area contributed by atoms with Crippen molar-refractivity contribution < 1.29 is 14.5 Å². The highest BCUT2D eigenvalue weighted by Gasteiger charge is 2.63. The summed E-state index contributed by atoms with van der Waals surface area (Å²) in [5, 5.41) is 11.9. The molecule has 0 aromatic rings. The summed E-state index contributed by atoms with van der Waals surface area (Å²) in [5.74, 6) is 0.724. The van der Waals surface area contributed by atoms with Crippen LogP contribution in [0.1, 0.15) is 79.1 Å². The van der Waals surface area contributed by atoms with Gasteiger partial charge in [-0.2, -0.15) is 0 Å². The first-order valence-corrected chi connectivity index (χ1v) is 11.6. The number of hydrogen-bond donors (Lipinski definition) is 1. The van der Waals surface area contributed by atoms with Gasteiger partial charge in [-0.1, -0.05) is 40.2 Å². The van der Waals surface area contributed by atoms with Crippen molar-refractivity contribution in [3.63, 3.8) is 0 Å². The number of nitro groups is 1. The molecule has 0 bridgehead atoms. The van der Waals surface area contributed by atoms with Gasteiger partial charge in [0, 0.05) is 27.7 Å². The minimum Gasteiger partial charge on any atom is -0.369 e. The van der Waals surface area contributed by atoms with Crippen molar-refractivity contribution in [1.82, 2.24) is 0 Å². The van der Waals surface area contributed by atoms with Crippen molar-refractivity contribution in [2.75, 3.05) is 0 Å². The predicted octanol–water partition coefficient (Wildman–Crippen LogP) is 4.29. The molecule has 2 unspecified atom stereocenters. The minimum atomic E-state index is -1.22. The molecule has 0 radical (unpaired) electrons. The lowest BCUT2D eigenvalue weighted by Gasteiger charge is -2.59. The smallest absolute Gasteiger partial charge is 0.291 e. The highest BCUT2D eigenvalue weighted by molar-refractivity contribution is 5.88. The van der Waals surface area contributed by atoms with Crippen LogP contribution < -0.4 is 5.73 Å². The van der Waals surface area contributed by atoms with E-state index in [2.05, 4.69) is 19.9 Å². The van der Waals surface area contributed by atoms with Gasteiger partial charge in [0.05, 0.1) is 0 Å². The second-order valence-electron chi connectivity index (χ2n) is 11.6. The van der Waals surface area contributed by atoms with Crippen LogP contribution in [0.5, 0.6) is 0 Å². The van der Waals surface area contributed by atoms with E-state index in [0.29, 0.717) is 29.6 Å².